The predicted molar refractivity (Wildman–Crippen MR) is 65.9 cm³/mol. The van der Waals surface area contributed by atoms with Crippen LogP contribution in [0.1, 0.15) is 33.3 Å². The van der Waals surface area contributed by atoms with Crippen molar-refractivity contribution < 1.29 is 18.7 Å². The number of rotatable bonds is 4. The highest BCUT2D eigenvalue weighted by Gasteiger charge is 2.15. The fourth-order valence-electron chi connectivity index (χ4n) is 1.47. The second-order valence-corrected chi connectivity index (χ2v) is 4.87. The average Bonchev–Trinajstić information content (AvgIpc) is 2.80. The van der Waals surface area contributed by atoms with Crippen molar-refractivity contribution >= 4 is 17.7 Å². The van der Waals surface area contributed by atoms with E-state index in [2.05, 4.69) is 4.98 Å². The number of hydrogen-bond donors (Lipinski definition) is 1. The van der Waals surface area contributed by atoms with Gasteiger partial charge in [-0.3, -0.25) is 0 Å². The van der Waals surface area contributed by atoms with Crippen LogP contribution in [0.4, 0.5) is 0 Å². The summed E-state index contributed by atoms with van der Waals surface area (Å²) in [6, 6.07) is 1.72. The molecule has 0 unspecified atom stereocenters. The minimum Gasteiger partial charge on any atom is -0.475 e. The number of nitrogens with zero attached hydrogens (tertiary/aromatic N) is 1. The van der Waals surface area contributed by atoms with Crippen LogP contribution in [-0.2, 0) is 5.75 Å². The molecular weight excluding hydrogens is 254 g/mol. The van der Waals surface area contributed by atoms with E-state index in [4.69, 9.17) is 13.9 Å². The molecule has 0 aliphatic rings. The van der Waals surface area contributed by atoms with Crippen molar-refractivity contribution in [2.45, 2.75) is 31.7 Å². The summed E-state index contributed by atoms with van der Waals surface area (Å²) in [4.78, 5) is 15.1. The number of thioether (sulfide) groups is 1. The Bertz CT molecular complexity index is 565. The number of aryl methyl sites for hydroxylation is 3. The first kappa shape index (κ1) is 12.8. The molecule has 0 fully saturated rings. The summed E-state index contributed by atoms with van der Waals surface area (Å²) in [6.07, 6.45) is 0. The van der Waals surface area contributed by atoms with Crippen molar-refractivity contribution in [3.05, 3.63) is 34.6 Å². The summed E-state index contributed by atoms with van der Waals surface area (Å²) >= 11 is 1.38. The molecule has 0 radical (unpaired) electrons. The van der Waals surface area contributed by atoms with Crippen LogP contribution in [0.3, 0.4) is 0 Å². The van der Waals surface area contributed by atoms with Crippen LogP contribution >= 0.6 is 11.8 Å². The lowest BCUT2D eigenvalue weighted by Crippen LogP contribution is -1.94. The first-order chi connectivity index (χ1) is 8.47. The van der Waals surface area contributed by atoms with Gasteiger partial charge < -0.3 is 13.9 Å². The molecule has 0 aliphatic heterocycles. The number of oxazole rings is 1. The predicted octanol–water partition coefficient (Wildman–Crippen LogP) is 3.18. The highest BCUT2D eigenvalue weighted by Crippen LogP contribution is 2.26. The normalized spacial score (nSPS) is 10.8. The van der Waals surface area contributed by atoms with Gasteiger partial charge in [0, 0.05) is 5.56 Å². The zero-order valence-corrected chi connectivity index (χ0v) is 11.1. The topological polar surface area (TPSA) is 76.5 Å². The lowest BCUT2D eigenvalue weighted by atomic mass is 10.3. The van der Waals surface area contributed by atoms with Gasteiger partial charge in [0.15, 0.2) is 0 Å². The van der Waals surface area contributed by atoms with E-state index in [0.29, 0.717) is 22.3 Å². The minimum atomic E-state index is -1.05. The fourth-order valence-corrected chi connectivity index (χ4v) is 2.26. The summed E-state index contributed by atoms with van der Waals surface area (Å²) in [6.45, 7) is 5.44. The van der Waals surface area contributed by atoms with Crippen LogP contribution in [0.25, 0.3) is 0 Å². The minimum absolute atomic E-state index is 0.00892. The number of carboxylic acid groups (broad SMARTS) is 1. The van der Waals surface area contributed by atoms with E-state index in [9.17, 15) is 4.79 Å². The van der Waals surface area contributed by atoms with Gasteiger partial charge in [0.25, 0.3) is 5.22 Å². The van der Waals surface area contributed by atoms with Gasteiger partial charge >= 0.3 is 5.97 Å². The lowest BCUT2D eigenvalue weighted by molar-refractivity contribution is 0.0659. The lowest BCUT2D eigenvalue weighted by Gasteiger charge is -1.93. The quantitative estimate of drug-likeness (QED) is 0.857. The highest BCUT2D eigenvalue weighted by molar-refractivity contribution is 7.98. The molecule has 0 spiro atoms. The summed E-state index contributed by atoms with van der Waals surface area (Å²) in [5.41, 5.74) is 1.48. The van der Waals surface area contributed by atoms with E-state index in [1.807, 2.05) is 13.8 Å². The SMILES string of the molecule is Cc1cc(CSc2nc(C)c(C)o2)oc1C(=O)O. The monoisotopic (exact) mass is 267 g/mol. The maximum atomic E-state index is 10.8. The average molecular weight is 267 g/mol. The van der Waals surface area contributed by atoms with Gasteiger partial charge in [0.1, 0.15) is 11.5 Å². The standard InChI is InChI=1S/C12H13NO4S/c1-6-4-9(17-10(6)11(14)15)5-18-12-13-7(2)8(3)16-12/h4H,5H2,1-3H3,(H,14,15). The number of aromatic nitrogens is 1. The number of carbonyl (C=O) groups is 1. The zero-order chi connectivity index (χ0) is 13.3. The Balaban J connectivity index is 2.06. The Morgan fingerprint density at radius 1 is 1.39 bits per heavy atom. The van der Waals surface area contributed by atoms with Gasteiger partial charge in [0.05, 0.1) is 11.4 Å². The van der Waals surface area contributed by atoms with Crippen LogP contribution in [-0.4, -0.2) is 16.1 Å². The first-order valence-electron chi connectivity index (χ1n) is 5.37. The molecular formula is C12H13NO4S. The van der Waals surface area contributed by atoms with E-state index < -0.39 is 5.97 Å². The molecule has 2 aromatic rings. The highest BCUT2D eigenvalue weighted by atomic mass is 32.2. The van der Waals surface area contributed by atoms with E-state index in [0.717, 1.165) is 11.5 Å². The molecule has 0 saturated heterocycles. The van der Waals surface area contributed by atoms with Crippen molar-refractivity contribution in [2.24, 2.45) is 0 Å². The van der Waals surface area contributed by atoms with E-state index in [1.165, 1.54) is 11.8 Å². The van der Waals surface area contributed by atoms with Crippen molar-refractivity contribution in [3.8, 4) is 0 Å². The van der Waals surface area contributed by atoms with E-state index in [-0.39, 0.29) is 5.76 Å². The summed E-state index contributed by atoms with van der Waals surface area (Å²) in [5.74, 6) is 0.827. The third kappa shape index (κ3) is 2.59. The van der Waals surface area contributed by atoms with Gasteiger partial charge in [0.2, 0.25) is 5.76 Å². The van der Waals surface area contributed by atoms with Crippen LogP contribution < -0.4 is 0 Å². The van der Waals surface area contributed by atoms with Gasteiger partial charge in [-0.15, -0.1) is 0 Å². The molecule has 5 nitrogen and oxygen atoms in total. The van der Waals surface area contributed by atoms with Crippen LogP contribution in [0.2, 0.25) is 0 Å². The summed E-state index contributed by atoms with van der Waals surface area (Å²) in [7, 11) is 0. The number of furan rings is 1. The van der Waals surface area contributed by atoms with Gasteiger partial charge in [-0.1, -0.05) is 11.8 Å². The Kier molecular flexibility index (Phi) is 3.47. The third-order valence-electron chi connectivity index (χ3n) is 2.51. The molecule has 18 heavy (non-hydrogen) atoms. The Morgan fingerprint density at radius 3 is 2.61 bits per heavy atom. The smallest absolute Gasteiger partial charge is 0.372 e. The van der Waals surface area contributed by atoms with Crippen molar-refractivity contribution in [1.82, 2.24) is 4.98 Å². The van der Waals surface area contributed by atoms with Crippen LogP contribution in [0, 0.1) is 20.8 Å². The molecule has 2 heterocycles. The molecule has 1 N–H and O–H groups in total. The molecule has 0 aromatic carbocycles. The van der Waals surface area contributed by atoms with Crippen molar-refractivity contribution in [3.63, 3.8) is 0 Å². The number of carboxylic acids is 1. The molecule has 96 valence electrons. The van der Waals surface area contributed by atoms with Gasteiger partial charge in [-0.05, 0) is 26.8 Å². The first-order valence-corrected chi connectivity index (χ1v) is 6.35. The Labute approximate surface area is 108 Å². The summed E-state index contributed by atoms with van der Waals surface area (Å²) < 4.78 is 10.7. The molecule has 6 heteroatoms. The van der Waals surface area contributed by atoms with E-state index >= 15 is 0 Å². The maximum Gasteiger partial charge on any atom is 0.372 e. The van der Waals surface area contributed by atoms with Crippen molar-refractivity contribution in [2.75, 3.05) is 0 Å². The van der Waals surface area contributed by atoms with Crippen molar-refractivity contribution in [1.29, 1.82) is 0 Å². The molecule has 0 amide bonds. The molecule has 0 atom stereocenters. The molecule has 0 saturated carbocycles. The Hall–Kier alpha value is -1.69. The molecule has 2 aromatic heterocycles. The number of hydrogen-bond acceptors (Lipinski definition) is 5. The third-order valence-corrected chi connectivity index (χ3v) is 3.36. The van der Waals surface area contributed by atoms with Gasteiger partial charge in [-0.2, -0.15) is 0 Å². The van der Waals surface area contributed by atoms with E-state index in [1.54, 1.807) is 13.0 Å². The van der Waals surface area contributed by atoms with Crippen LogP contribution in [0.15, 0.2) is 20.1 Å². The Morgan fingerprint density at radius 2 is 2.11 bits per heavy atom. The zero-order valence-electron chi connectivity index (χ0n) is 10.3. The summed E-state index contributed by atoms with van der Waals surface area (Å²) in [5, 5.41) is 9.44. The largest absolute Gasteiger partial charge is 0.475 e. The fraction of sp³-hybridized carbons (Fsp3) is 0.333. The van der Waals surface area contributed by atoms with Crippen LogP contribution in [0.5, 0.6) is 0 Å². The second-order valence-electron chi connectivity index (χ2n) is 3.94. The molecule has 0 bridgehead atoms. The van der Waals surface area contributed by atoms with Gasteiger partial charge in [-0.25, -0.2) is 9.78 Å². The number of aromatic carboxylic acids is 1. The molecule has 2 rings (SSSR count). The second kappa shape index (κ2) is 4.89. The maximum absolute atomic E-state index is 10.8. The molecule has 0 aliphatic carbocycles.